The third kappa shape index (κ3) is 4.89. The van der Waals surface area contributed by atoms with Crippen molar-refractivity contribution in [2.45, 2.75) is 39.5 Å². The Labute approximate surface area is 164 Å². The van der Waals surface area contributed by atoms with E-state index in [0.29, 0.717) is 24.4 Å². The van der Waals surface area contributed by atoms with Crippen LogP contribution in [0.5, 0.6) is 0 Å². The van der Waals surface area contributed by atoms with Crippen LogP contribution in [0.2, 0.25) is 0 Å². The second-order valence-electron chi connectivity index (χ2n) is 6.91. The fourth-order valence-corrected chi connectivity index (χ4v) is 4.71. The van der Waals surface area contributed by atoms with Gasteiger partial charge in [0.2, 0.25) is 0 Å². The van der Waals surface area contributed by atoms with Crippen LogP contribution in [0.3, 0.4) is 0 Å². The molecule has 27 heavy (non-hydrogen) atoms. The van der Waals surface area contributed by atoms with E-state index in [4.69, 9.17) is 4.74 Å². The first-order valence-electron chi connectivity index (χ1n) is 9.47. The second-order valence-corrected chi connectivity index (χ2v) is 7.87. The average molecular weight is 387 g/mol. The number of amides is 2. The lowest BCUT2D eigenvalue weighted by Crippen LogP contribution is -2.31. The van der Waals surface area contributed by atoms with Crippen molar-refractivity contribution in [1.82, 2.24) is 5.32 Å². The summed E-state index contributed by atoms with van der Waals surface area (Å²) in [6.45, 7) is 4.92. The molecule has 1 aliphatic rings. The molecule has 6 heteroatoms. The van der Waals surface area contributed by atoms with Crippen LogP contribution in [0, 0.1) is 5.92 Å². The molecular weight excluding hydrogens is 360 g/mol. The van der Waals surface area contributed by atoms with Gasteiger partial charge in [-0.15, -0.1) is 11.3 Å². The quantitative estimate of drug-likeness (QED) is 0.723. The molecule has 0 fully saturated rings. The van der Waals surface area contributed by atoms with Crippen molar-refractivity contribution in [3.63, 3.8) is 0 Å². The summed E-state index contributed by atoms with van der Waals surface area (Å²) in [6.07, 6.45) is 4.40. The SMILES string of the molecule is CCOC(=O)c1ccccc1NC(=O)NCCc1csc2c1CCC(C)C2. The van der Waals surface area contributed by atoms with Crippen LogP contribution in [-0.4, -0.2) is 25.2 Å². The minimum Gasteiger partial charge on any atom is -0.462 e. The standard InChI is InChI=1S/C21H26N2O3S/c1-3-26-20(24)17-6-4-5-7-18(17)23-21(25)22-11-10-15-13-27-19-12-14(2)8-9-16(15)19/h4-7,13-14H,3,8-12H2,1-2H3,(H2,22,23,25). The number of nitrogens with one attached hydrogen (secondary N) is 2. The van der Waals surface area contributed by atoms with Crippen LogP contribution in [0.1, 0.15) is 46.6 Å². The van der Waals surface area contributed by atoms with Gasteiger partial charge in [-0.25, -0.2) is 9.59 Å². The molecule has 0 saturated carbocycles. The number of carbonyl (C=O) groups is 2. The third-order valence-corrected chi connectivity index (χ3v) is 5.94. The summed E-state index contributed by atoms with van der Waals surface area (Å²) in [4.78, 5) is 25.7. The van der Waals surface area contributed by atoms with E-state index in [2.05, 4.69) is 22.9 Å². The maximum atomic E-state index is 12.2. The molecule has 1 aromatic heterocycles. The maximum Gasteiger partial charge on any atom is 0.340 e. The summed E-state index contributed by atoms with van der Waals surface area (Å²) in [6, 6.07) is 6.55. The Morgan fingerprint density at radius 1 is 1.30 bits per heavy atom. The maximum absolute atomic E-state index is 12.2. The van der Waals surface area contributed by atoms with E-state index in [1.165, 1.54) is 28.8 Å². The number of benzene rings is 1. The minimum absolute atomic E-state index is 0.295. The number of para-hydroxylation sites is 1. The van der Waals surface area contributed by atoms with Crippen molar-refractivity contribution in [2.24, 2.45) is 5.92 Å². The van der Waals surface area contributed by atoms with Gasteiger partial charge in [0.05, 0.1) is 17.9 Å². The van der Waals surface area contributed by atoms with E-state index in [9.17, 15) is 9.59 Å². The lowest BCUT2D eigenvalue weighted by atomic mass is 9.88. The monoisotopic (exact) mass is 386 g/mol. The topological polar surface area (TPSA) is 67.4 Å². The van der Waals surface area contributed by atoms with Crippen LogP contribution >= 0.6 is 11.3 Å². The fraction of sp³-hybridized carbons (Fsp3) is 0.429. The van der Waals surface area contributed by atoms with Crippen molar-refractivity contribution in [3.8, 4) is 0 Å². The average Bonchev–Trinajstić information content (AvgIpc) is 3.04. The summed E-state index contributed by atoms with van der Waals surface area (Å²) in [5, 5.41) is 7.87. The number of thiophene rings is 1. The lowest BCUT2D eigenvalue weighted by Gasteiger charge is -2.19. The molecule has 1 atom stereocenters. The molecule has 144 valence electrons. The van der Waals surface area contributed by atoms with Crippen molar-refractivity contribution >= 4 is 29.0 Å². The zero-order chi connectivity index (χ0) is 19.2. The van der Waals surface area contributed by atoms with Gasteiger partial charge in [0, 0.05) is 11.4 Å². The van der Waals surface area contributed by atoms with E-state index in [1.807, 2.05) is 11.3 Å². The van der Waals surface area contributed by atoms with Gasteiger partial charge in [-0.05, 0) is 67.2 Å². The van der Waals surface area contributed by atoms with Gasteiger partial charge in [0.1, 0.15) is 0 Å². The van der Waals surface area contributed by atoms with Gasteiger partial charge < -0.3 is 15.4 Å². The van der Waals surface area contributed by atoms with E-state index >= 15 is 0 Å². The van der Waals surface area contributed by atoms with Gasteiger partial charge in [0.15, 0.2) is 0 Å². The summed E-state index contributed by atoms with van der Waals surface area (Å²) < 4.78 is 5.03. The van der Waals surface area contributed by atoms with Crippen molar-refractivity contribution in [3.05, 3.63) is 51.2 Å². The van der Waals surface area contributed by atoms with Crippen molar-refractivity contribution in [1.29, 1.82) is 0 Å². The smallest absolute Gasteiger partial charge is 0.340 e. The Kier molecular flexibility index (Phi) is 6.50. The van der Waals surface area contributed by atoms with E-state index in [1.54, 1.807) is 31.2 Å². The second kappa shape index (κ2) is 9.04. The Bertz CT molecular complexity index is 816. The Morgan fingerprint density at radius 3 is 2.93 bits per heavy atom. The highest BCUT2D eigenvalue weighted by molar-refractivity contribution is 7.10. The Balaban J connectivity index is 1.53. The molecule has 0 aliphatic heterocycles. The molecule has 1 heterocycles. The first-order valence-corrected chi connectivity index (χ1v) is 10.4. The number of anilines is 1. The highest BCUT2D eigenvalue weighted by atomic mass is 32.1. The molecule has 5 nitrogen and oxygen atoms in total. The normalized spacial score (nSPS) is 15.7. The summed E-state index contributed by atoms with van der Waals surface area (Å²) in [5.74, 6) is 0.333. The summed E-state index contributed by atoms with van der Waals surface area (Å²) in [5.41, 5.74) is 3.66. The molecule has 0 spiro atoms. The number of esters is 1. The number of carbonyl (C=O) groups excluding carboxylic acids is 2. The summed E-state index contributed by atoms with van der Waals surface area (Å²) in [7, 11) is 0. The van der Waals surface area contributed by atoms with E-state index < -0.39 is 5.97 Å². The third-order valence-electron chi connectivity index (χ3n) is 4.84. The largest absolute Gasteiger partial charge is 0.462 e. The van der Waals surface area contributed by atoms with E-state index in [0.717, 1.165) is 18.8 Å². The van der Waals surface area contributed by atoms with Crippen LogP contribution < -0.4 is 10.6 Å². The molecule has 2 amide bonds. The number of urea groups is 1. The Morgan fingerprint density at radius 2 is 2.11 bits per heavy atom. The highest BCUT2D eigenvalue weighted by Crippen LogP contribution is 2.32. The number of hydrogen-bond donors (Lipinski definition) is 2. The predicted molar refractivity (Wildman–Crippen MR) is 109 cm³/mol. The first-order chi connectivity index (χ1) is 13.1. The number of rotatable bonds is 6. The number of ether oxygens (including phenoxy) is 1. The zero-order valence-corrected chi connectivity index (χ0v) is 16.7. The zero-order valence-electron chi connectivity index (χ0n) is 15.8. The predicted octanol–water partition coefficient (Wildman–Crippen LogP) is 4.41. The van der Waals surface area contributed by atoms with Crippen LogP contribution in [0.25, 0.3) is 0 Å². The van der Waals surface area contributed by atoms with Crippen LogP contribution in [0.4, 0.5) is 10.5 Å². The molecule has 0 saturated heterocycles. The molecule has 2 N–H and O–H groups in total. The van der Waals surface area contributed by atoms with Crippen LogP contribution in [-0.2, 0) is 24.0 Å². The molecular formula is C21H26N2O3S. The van der Waals surface area contributed by atoms with Gasteiger partial charge >= 0.3 is 12.0 Å². The molecule has 3 rings (SSSR count). The summed E-state index contributed by atoms with van der Waals surface area (Å²) >= 11 is 1.85. The fourth-order valence-electron chi connectivity index (χ4n) is 3.41. The van der Waals surface area contributed by atoms with Gasteiger partial charge in [0.25, 0.3) is 0 Å². The minimum atomic E-state index is -0.437. The first kappa shape index (κ1) is 19.4. The molecule has 2 aromatic rings. The van der Waals surface area contributed by atoms with E-state index in [-0.39, 0.29) is 6.03 Å². The Hall–Kier alpha value is -2.34. The van der Waals surface area contributed by atoms with Gasteiger partial charge in [-0.3, -0.25) is 0 Å². The number of hydrogen-bond acceptors (Lipinski definition) is 4. The van der Waals surface area contributed by atoms with Gasteiger partial charge in [-0.1, -0.05) is 19.1 Å². The highest BCUT2D eigenvalue weighted by Gasteiger charge is 2.20. The molecule has 1 aliphatic carbocycles. The molecule has 1 unspecified atom stereocenters. The van der Waals surface area contributed by atoms with Gasteiger partial charge in [-0.2, -0.15) is 0 Å². The number of fused-ring (bicyclic) bond motifs is 1. The molecule has 0 radical (unpaired) electrons. The molecule has 1 aromatic carbocycles. The van der Waals surface area contributed by atoms with Crippen molar-refractivity contribution in [2.75, 3.05) is 18.5 Å². The lowest BCUT2D eigenvalue weighted by molar-refractivity contribution is 0.0527. The van der Waals surface area contributed by atoms with Crippen molar-refractivity contribution < 1.29 is 14.3 Å². The molecule has 0 bridgehead atoms. The van der Waals surface area contributed by atoms with Crippen LogP contribution in [0.15, 0.2) is 29.6 Å².